The molecule has 18 heavy (non-hydrogen) atoms. The number of ether oxygens (including phenoxy) is 1. The Morgan fingerprint density at radius 3 is 2.67 bits per heavy atom. The standard InChI is InChI=1S/C11H18ClN5O/c1-3-17-6-4-8(5-7-17)13-10-14-9(12)15-11(16-10)18-2/h8H,3-7H2,1-2H3,(H,13,14,15,16). The van der Waals surface area contributed by atoms with Crippen molar-refractivity contribution in [1.82, 2.24) is 19.9 Å². The Morgan fingerprint density at radius 2 is 2.06 bits per heavy atom. The highest BCUT2D eigenvalue weighted by atomic mass is 35.5. The predicted octanol–water partition coefficient (Wildman–Crippen LogP) is 1.43. The van der Waals surface area contributed by atoms with Gasteiger partial charge in [0, 0.05) is 19.1 Å². The van der Waals surface area contributed by atoms with Crippen molar-refractivity contribution < 1.29 is 4.74 Å². The van der Waals surface area contributed by atoms with Crippen molar-refractivity contribution in [2.75, 3.05) is 32.1 Å². The van der Waals surface area contributed by atoms with Gasteiger partial charge < -0.3 is 15.0 Å². The van der Waals surface area contributed by atoms with E-state index in [-0.39, 0.29) is 11.3 Å². The van der Waals surface area contributed by atoms with Crippen LogP contribution in [0, 0.1) is 0 Å². The molecule has 0 amide bonds. The van der Waals surface area contributed by atoms with Crippen LogP contribution in [0.25, 0.3) is 0 Å². The van der Waals surface area contributed by atoms with Gasteiger partial charge in [-0.2, -0.15) is 15.0 Å². The second-order valence-electron chi connectivity index (χ2n) is 4.27. The average molecular weight is 272 g/mol. The summed E-state index contributed by atoms with van der Waals surface area (Å²) < 4.78 is 4.96. The monoisotopic (exact) mass is 271 g/mol. The maximum atomic E-state index is 5.80. The van der Waals surface area contributed by atoms with E-state index in [9.17, 15) is 0 Å². The second kappa shape index (κ2) is 6.15. The molecule has 0 bridgehead atoms. The van der Waals surface area contributed by atoms with Crippen LogP contribution in [0.1, 0.15) is 19.8 Å². The van der Waals surface area contributed by atoms with Gasteiger partial charge in [0.15, 0.2) is 0 Å². The van der Waals surface area contributed by atoms with Gasteiger partial charge in [-0.3, -0.25) is 0 Å². The van der Waals surface area contributed by atoms with Gasteiger partial charge in [-0.25, -0.2) is 0 Å². The molecular formula is C11H18ClN5O. The van der Waals surface area contributed by atoms with E-state index in [0.717, 1.165) is 32.5 Å². The maximum Gasteiger partial charge on any atom is 0.322 e. The van der Waals surface area contributed by atoms with Gasteiger partial charge >= 0.3 is 6.01 Å². The molecule has 0 aliphatic carbocycles. The first-order valence-electron chi connectivity index (χ1n) is 6.15. The lowest BCUT2D eigenvalue weighted by molar-refractivity contribution is 0.229. The van der Waals surface area contributed by atoms with Crippen molar-refractivity contribution in [3.05, 3.63) is 5.28 Å². The molecule has 0 atom stereocenters. The molecule has 100 valence electrons. The molecule has 6 nitrogen and oxygen atoms in total. The fourth-order valence-electron chi connectivity index (χ4n) is 2.06. The topological polar surface area (TPSA) is 63.2 Å². The normalized spacial score (nSPS) is 17.7. The van der Waals surface area contributed by atoms with Crippen LogP contribution in [0.15, 0.2) is 0 Å². The quantitative estimate of drug-likeness (QED) is 0.894. The summed E-state index contributed by atoms with van der Waals surface area (Å²) in [6, 6.07) is 0.625. The third kappa shape index (κ3) is 3.43. The Labute approximate surface area is 112 Å². The van der Waals surface area contributed by atoms with Crippen LogP contribution in [0.4, 0.5) is 5.95 Å². The second-order valence-corrected chi connectivity index (χ2v) is 4.61. The zero-order chi connectivity index (χ0) is 13.0. The van der Waals surface area contributed by atoms with Crippen LogP contribution in [-0.2, 0) is 0 Å². The van der Waals surface area contributed by atoms with E-state index in [1.165, 1.54) is 7.11 Å². The van der Waals surface area contributed by atoms with Crippen molar-refractivity contribution in [1.29, 1.82) is 0 Å². The molecule has 0 spiro atoms. The molecule has 0 radical (unpaired) electrons. The van der Waals surface area contributed by atoms with Crippen LogP contribution in [0.3, 0.4) is 0 Å². The molecule has 2 rings (SSSR count). The first-order chi connectivity index (χ1) is 8.71. The first kappa shape index (κ1) is 13.3. The van der Waals surface area contributed by atoms with E-state index in [1.54, 1.807) is 0 Å². The Balaban J connectivity index is 1.95. The van der Waals surface area contributed by atoms with Gasteiger partial charge in [-0.1, -0.05) is 6.92 Å². The molecule has 7 heteroatoms. The number of hydrogen-bond acceptors (Lipinski definition) is 6. The fourth-order valence-corrected chi connectivity index (χ4v) is 2.22. The molecule has 0 aromatic carbocycles. The van der Waals surface area contributed by atoms with Gasteiger partial charge in [0.2, 0.25) is 11.2 Å². The Hall–Kier alpha value is -1.14. The minimum absolute atomic E-state index is 0.148. The van der Waals surface area contributed by atoms with Gasteiger partial charge in [-0.05, 0) is 31.0 Å². The molecule has 2 heterocycles. The fraction of sp³-hybridized carbons (Fsp3) is 0.727. The molecule has 1 fully saturated rings. The summed E-state index contributed by atoms with van der Waals surface area (Å²) in [6.45, 7) is 5.50. The molecule has 1 N–H and O–H groups in total. The van der Waals surface area contributed by atoms with Crippen molar-refractivity contribution in [3.63, 3.8) is 0 Å². The summed E-state index contributed by atoms with van der Waals surface area (Å²) in [4.78, 5) is 14.5. The lowest BCUT2D eigenvalue weighted by Gasteiger charge is -2.31. The summed E-state index contributed by atoms with van der Waals surface area (Å²) in [6.07, 6.45) is 2.17. The number of likely N-dealkylation sites (tertiary alicyclic amines) is 1. The van der Waals surface area contributed by atoms with Crippen molar-refractivity contribution in [3.8, 4) is 6.01 Å². The van der Waals surface area contributed by atoms with Crippen molar-refractivity contribution >= 4 is 17.5 Å². The number of piperidine rings is 1. The zero-order valence-electron chi connectivity index (χ0n) is 10.7. The lowest BCUT2D eigenvalue weighted by Crippen LogP contribution is -2.39. The highest BCUT2D eigenvalue weighted by molar-refractivity contribution is 6.28. The smallest absolute Gasteiger partial charge is 0.322 e. The van der Waals surface area contributed by atoms with Gasteiger partial charge in [0.05, 0.1) is 7.11 Å². The van der Waals surface area contributed by atoms with E-state index in [2.05, 4.69) is 32.1 Å². The van der Waals surface area contributed by atoms with Gasteiger partial charge in [0.1, 0.15) is 0 Å². The van der Waals surface area contributed by atoms with Crippen LogP contribution >= 0.6 is 11.6 Å². The minimum atomic E-state index is 0.148. The van der Waals surface area contributed by atoms with Crippen molar-refractivity contribution in [2.45, 2.75) is 25.8 Å². The molecule has 0 saturated carbocycles. The SMILES string of the molecule is CCN1CCC(Nc2nc(Cl)nc(OC)n2)CC1. The summed E-state index contributed by atoms with van der Waals surface area (Å²) in [5.74, 6) is 0.488. The number of aromatic nitrogens is 3. The third-order valence-corrected chi connectivity index (χ3v) is 3.31. The Bertz CT molecular complexity index is 395. The molecule has 1 aromatic heterocycles. The average Bonchev–Trinajstić information content (AvgIpc) is 2.39. The maximum absolute atomic E-state index is 5.80. The summed E-state index contributed by atoms with van der Waals surface area (Å²) >= 11 is 5.80. The van der Waals surface area contributed by atoms with Gasteiger partial charge in [0.25, 0.3) is 0 Å². The number of anilines is 1. The summed E-state index contributed by atoms with van der Waals surface area (Å²) in [5, 5.41) is 3.44. The van der Waals surface area contributed by atoms with E-state index >= 15 is 0 Å². The summed E-state index contributed by atoms with van der Waals surface area (Å²) in [5.41, 5.74) is 0. The molecule has 1 aliphatic heterocycles. The van der Waals surface area contributed by atoms with Crippen LogP contribution < -0.4 is 10.1 Å². The van der Waals surface area contributed by atoms with E-state index in [1.807, 2.05) is 0 Å². The molecule has 0 unspecified atom stereocenters. The third-order valence-electron chi connectivity index (χ3n) is 3.14. The number of hydrogen-bond donors (Lipinski definition) is 1. The molecular weight excluding hydrogens is 254 g/mol. The van der Waals surface area contributed by atoms with E-state index in [0.29, 0.717) is 12.0 Å². The van der Waals surface area contributed by atoms with Crippen LogP contribution in [0.5, 0.6) is 6.01 Å². The highest BCUT2D eigenvalue weighted by Crippen LogP contribution is 2.16. The van der Waals surface area contributed by atoms with Crippen LogP contribution in [0.2, 0.25) is 5.28 Å². The highest BCUT2D eigenvalue weighted by Gasteiger charge is 2.19. The predicted molar refractivity (Wildman–Crippen MR) is 70.1 cm³/mol. The first-order valence-corrected chi connectivity index (χ1v) is 6.53. The lowest BCUT2D eigenvalue weighted by atomic mass is 10.1. The van der Waals surface area contributed by atoms with E-state index in [4.69, 9.17) is 16.3 Å². The largest absolute Gasteiger partial charge is 0.467 e. The zero-order valence-corrected chi connectivity index (χ0v) is 11.4. The number of halogens is 1. The Morgan fingerprint density at radius 1 is 1.33 bits per heavy atom. The molecule has 1 aliphatic rings. The van der Waals surface area contributed by atoms with E-state index < -0.39 is 0 Å². The Kier molecular flexibility index (Phi) is 4.54. The number of nitrogens with one attached hydrogen (secondary N) is 1. The minimum Gasteiger partial charge on any atom is -0.467 e. The van der Waals surface area contributed by atoms with Crippen LogP contribution in [-0.4, -0.2) is 52.6 Å². The number of nitrogens with zero attached hydrogens (tertiary/aromatic N) is 4. The molecule has 1 saturated heterocycles. The summed E-state index contributed by atoms with van der Waals surface area (Å²) in [7, 11) is 1.51. The molecule has 1 aromatic rings. The number of methoxy groups -OCH3 is 1. The van der Waals surface area contributed by atoms with Crippen molar-refractivity contribution in [2.24, 2.45) is 0 Å². The number of rotatable bonds is 4. The van der Waals surface area contributed by atoms with Gasteiger partial charge in [-0.15, -0.1) is 0 Å².